The first kappa shape index (κ1) is 39.4. The Bertz CT molecular complexity index is 3900. The van der Waals surface area contributed by atoms with Crippen molar-refractivity contribution in [3.63, 3.8) is 0 Å². The lowest BCUT2D eigenvalue weighted by molar-refractivity contribution is 0.332. The Kier molecular flexibility index (Phi) is 7.88. The van der Waals surface area contributed by atoms with E-state index in [-0.39, 0.29) is 23.1 Å². The second-order valence-corrected chi connectivity index (χ2v) is 23.0. The number of fused-ring (bicyclic) bond motifs is 13. The van der Waals surface area contributed by atoms with Gasteiger partial charge in [-0.05, 0) is 128 Å². The van der Waals surface area contributed by atoms with Gasteiger partial charge in [0.15, 0.2) is 0 Å². The van der Waals surface area contributed by atoms with Gasteiger partial charge in [0.2, 0.25) is 0 Å². The van der Waals surface area contributed by atoms with Crippen LogP contribution in [0.1, 0.15) is 78.0 Å². The molecule has 2 aliphatic heterocycles. The lowest BCUT2D eigenvalue weighted by atomic mass is 9.43. The third-order valence-corrected chi connectivity index (χ3v) is 17.2. The van der Waals surface area contributed by atoms with E-state index in [1.807, 2.05) is 11.3 Å². The zero-order valence-electron chi connectivity index (χ0n) is 39.2. The van der Waals surface area contributed by atoms with Gasteiger partial charge in [0, 0.05) is 64.7 Å². The van der Waals surface area contributed by atoms with Crippen LogP contribution in [0.15, 0.2) is 162 Å². The van der Waals surface area contributed by atoms with Gasteiger partial charge in [-0.2, -0.15) is 0 Å². The van der Waals surface area contributed by atoms with Gasteiger partial charge < -0.3 is 13.8 Å². The zero-order chi connectivity index (χ0) is 45.3. The van der Waals surface area contributed by atoms with Crippen molar-refractivity contribution in [2.75, 3.05) is 4.81 Å². The van der Waals surface area contributed by atoms with Gasteiger partial charge in [-0.3, -0.25) is 0 Å². The number of rotatable bonds is 3. The molecule has 67 heavy (non-hydrogen) atoms. The highest BCUT2D eigenvalue weighted by Crippen LogP contribution is 2.54. The fourth-order valence-corrected chi connectivity index (χ4v) is 13.6. The molecular weight excluding hydrogens is 832 g/mol. The minimum atomic E-state index is -0.0908. The van der Waals surface area contributed by atoms with E-state index in [0.717, 1.165) is 28.4 Å². The van der Waals surface area contributed by atoms with Crippen LogP contribution in [0.4, 0.5) is 11.4 Å². The molecule has 5 heterocycles. The zero-order valence-corrected chi connectivity index (χ0v) is 40.0. The number of hydrogen-bond donors (Lipinski definition) is 0. The highest BCUT2D eigenvalue weighted by atomic mass is 32.1. The maximum absolute atomic E-state index is 6.64. The van der Waals surface area contributed by atoms with Crippen LogP contribution in [0.25, 0.3) is 92.2 Å². The van der Waals surface area contributed by atoms with Crippen LogP contribution in [-0.4, -0.2) is 11.4 Å². The molecule has 1 aliphatic carbocycles. The molecule has 3 aromatic heterocycles. The number of para-hydroxylation sites is 1. The number of nitrogens with zero attached hydrogens (tertiary/aromatic N) is 2. The summed E-state index contributed by atoms with van der Waals surface area (Å²) in [5.41, 5.74) is 21.7. The van der Waals surface area contributed by atoms with Gasteiger partial charge in [0.1, 0.15) is 11.2 Å². The van der Waals surface area contributed by atoms with E-state index >= 15 is 0 Å². The predicted molar refractivity (Wildman–Crippen MR) is 287 cm³/mol. The topological polar surface area (TPSA) is 21.3 Å². The van der Waals surface area contributed by atoms with Gasteiger partial charge in [-0.15, -0.1) is 11.3 Å². The van der Waals surface area contributed by atoms with Crippen molar-refractivity contribution >= 4 is 94.3 Å². The molecule has 0 N–H and O–H groups in total. The molecule has 14 rings (SSSR count). The Balaban J connectivity index is 1.16. The van der Waals surface area contributed by atoms with Crippen molar-refractivity contribution in [2.45, 2.75) is 77.6 Å². The summed E-state index contributed by atoms with van der Waals surface area (Å²) in [6.45, 7) is 16.7. The molecule has 0 fully saturated rings. The second kappa shape index (κ2) is 13.4. The Hall–Kier alpha value is -6.82. The van der Waals surface area contributed by atoms with E-state index in [4.69, 9.17) is 4.42 Å². The molecule has 3 nitrogen and oxygen atoms in total. The van der Waals surface area contributed by atoms with Crippen LogP contribution >= 0.6 is 11.3 Å². The summed E-state index contributed by atoms with van der Waals surface area (Å²) in [4.78, 5) is 4.03. The molecule has 0 saturated heterocycles. The molecule has 324 valence electrons. The number of anilines is 2. The van der Waals surface area contributed by atoms with E-state index in [0.29, 0.717) is 0 Å². The minimum Gasteiger partial charge on any atom is -0.456 e. The number of furan rings is 1. The highest BCUT2D eigenvalue weighted by molar-refractivity contribution is 7.23. The molecule has 0 atom stereocenters. The number of thiophene rings is 1. The van der Waals surface area contributed by atoms with E-state index in [1.165, 1.54) is 116 Å². The van der Waals surface area contributed by atoms with Crippen molar-refractivity contribution in [3.05, 3.63) is 174 Å². The van der Waals surface area contributed by atoms with Crippen LogP contribution in [0.3, 0.4) is 0 Å². The smallest absolute Gasteiger partial charge is 0.333 e. The SMILES string of the molecule is CC(C)(C)c1ccc(N2B3c4cc5sc(-c6ccccc6)c(-c6ccccc6)c5cc4-n4c5cc6c(cc5c5ccc(c3c54)-c3cc4c(cc32)C(C)(C)CCC4(C)C)oc2ccccc26)cc1. The third kappa shape index (κ3) is 5.47. The second-order valence-electron chi connectivity index (χ2n) is 21.9. The molecule has 0 saturated carbocycles. The average molecular weight is 883 g/mol. The molecule has 8 aromatic carbocycles. The standard InChI is InChI=1S/C62H51BN2OS/c1-60(2,3)38-22-24-39(25-23-38)65-51-34-48-47(61(4,5)28-29-62(48,6)7)30-43(51)41-26-27-42-44-33-54-45(40-20-14-15-21-53(40)66-54)31-50(44)64-52-32-46-55(35-49(52)63(65)57(41)58(42)64)67-59(37-18-12-9-13-19-37)56(46)36-16-10-8-11-17-36/h8-27,30-35H,28-29H2,1-7H3. The average Bonchev–Trinajstić information content (AvgIpc) is 4.00. The van der Waals surface area contributed by atoms with E-state index in [1.54, 1.807) is 0 Å². The lowest BCUT2D eigenvalue weighted by Crippen LogP contribution is -2.60. The van der Waals surface area contributed by atoms with Crippen LogP contribution in [0.5, 0.6) is 0 Å². The first-order valence-corrected chi connectivity index (χ1v) is 24.9. The molecule has 0 radical (unpaired) electrons. The Morgan fingerprint density at radius 2 is 1.25 bits per heavy atom. The maximum atomic E-state index is 6.64. The van der Waals surface area contributed by atoms with E-state index in [9.17, 15) is 0 Å². The van der Waals surface area contributed by atoms with Crippen molar-refractivity contribution in [1.29, 1.82) is 0 Å². The minimum absolute atomic E-state index is 0.0341. The normalized spacial score (nSPS) is 15.7. The Morgan fingerprint density at radius 3 is 1.99 bits per heavy atom. The van der Waals surface area contributed by atoms with Crippen molar-refractivity contribution in [1.82, 2.24) is 4.57 Å². The van der Waals surface area contributed by atoms with Crippen LogP contribution < -0.4 is 15.7 Å². The molecule has 0 spiro atoms. The van der Waals surface area contributed by atoms with Crippen LogP contribution in [0, 0.1) is 0 Å². The number of hydrogen-bond acceptors (Lipinski definition) is 3. The van der Waals surface area contributed by atoms with Gasteiger partial charge in [0.05, 0.1) is 11.0 Å². The van der Waals surface area contributed by atoms with Gasteiger partial charge in [-0.25, -0.2) is 0 Å². The summed E-state index contributed by atoms with van der Waals surface area (Å²) in [5.74, 6) is 0. The van der Waals surface area contributed by atoms with Gasteiger partial charge in [-0.1, -0.05) is 152 Å². The molecule has 0 bridgehead atoms. The predicted octanol–water partition coefficient (Wildman–Crippen LogP) is 16.1. The quantitative estimate of drug-likeness (QED) is 0.165. The first-order valence-electron chi connectivity index (χ1n) is 24.1. The molecule has 11 aromatic rings. The first-order chi connectivity index (χ1) is 32.3. The molecule has 5 heteroatoms. The lowest BCUT2D eigenvalue weighted by Gasteiger charge is -2.46. The van der Waals surface area contributed by atoms with Crippen molar-refractivity contribution in [2.24, 2.45) is 0 Å². The summed E-state index contributed by atoms with van der Waals surface area (Å²) >= 11 is 1.93. The Morgan fingerprint density at radius 1 is 0.567 bits per heavy atom. The maximum Gasteiger partial charge on any atom is 0.333 e. The summed E-state index contributed by atoms with van der Waals surface area (Å²) in [6.07, 6.45) is 2.33. The molecule has 0 unspecified atom stereocenters. The highest BCUT2D eigenvalue weighted by Gasteiger charge is 2.47. The summed E-state index contributed by atoms with van der Waals surface area (Å²) in [7, 11) is 0. The third-order valence-electron chi connectivity index (χ3n) is 16.0. The molecular formula is C62H51BN2OS. The summed E-state index contributed by atoms with van der Waals surface area (Å²) in [6, 6.07) is 60.1. The fraction of sp³-hybridized carbons (Fsp3) is 0.194. The largest absolute Gasteiger partial charge is 0.456 e. The molecule has 3 aliphatic rings. The fourth-order valence-electron chi connectivity index (χ4n) is 12.3. The van der Waals surface area contributed by atoms with Crippen LogP contribution in [0.2, 0.25) is 0 Å². The van der Waals surface area contributed by atoms with E-state index < -0.39 is 0 Å². The van der Waals surface area contributed by atoms with E-state index in [2.05, 4.69) is 216 Å². The van der Waals surface area contributed by atoms with Gasteiger partial charge >= 0.3 is 6.85 Å². The number of aromatic nitrogens is 1. The van der Waals surface area contributed by atoms with Gasteiger partial charge in [0.25, 0.3) is 0 Å². The monoisotopic (exact) mass is 882 g/mol. The summed E-state index contributed by atoms with van der Waals surface area (Å²) < 4.78 is 10.6. The van der Waals surface area contributed by atoms with Crippen molar-refractivity contribution < 1.29 is 4.42 Å². The van der Waals surface area contributed by atoms with Crippen LogP contribution in [-0.2, 0) is 16.2 Å². The number of benzene rings is 8. The summed E-state index contributed by atoms with van der Waals surface area (Å²) in [5, 5.41) is 6.06. The Labute approximate surface area is 396 Å². The van der Waals surface area contributed by atoms with Crippen molar-refractivity contribution in [3.8, 4) is 38.4 Å². The molecule has 0 amide bonds.